The quantitative estimate of drug-likeness (QED) is 0.892. The first-order valence-corrected chi connectivity index (χ1v) is 6.56. The zero-order valence-corrected chi connectivity index (χ0v) is 11.0. The van der Waals surface area contributed by atoms with Crippen LogP contribution >= 0.6 is 0 Å². The fraction of sp³-hybridized carbons (Fsp3) is 0.600. The van der Waals surface area contributed by atoms with E-state index in [1.165, 1.54) is 12.1 Å². The molecule has 1 atom stereocenters. The SMILES string of the molecule is COC1(C(O)c2ccc(F)cc2)CCC(C)CC1. The number of rotatable bonds is 3. The fourth-order valence-corrected chi connectivity index (χ4v) is 2.79. The van der Waals surface area contributed by atoms with E-state index >= 15 is 0 Å². The van der Waals surface area contributed by atoms with Gasteiger partial charge < -0.3 is 9.84 Å². The van der Waals surface area contributed by atoms with Gasteiger partial charge in [0, 0.05) is 7.11 Å². The topological polar surface area (TPSA) is 29.5 Å². The lowest BCUT2D eigenvalue weighted by molar-refractivity contribution is -0.130. The number of ether oxygens (including phenoxy) is 1. The minimum atomic E-state index is -0.685. The van der Waals surface area contributed by atoms with Crippen LogP contribution in [0.4, 0.5) is 4.39 Å². The van der Waals surface area contributed by atoms with Crippen LogP contribution in [0.2, 0.25) is 0 Å². The third-order valence-corrected chi connectivity index (χ3v) is 4.21. The average Bonchev–Trinajstić information content (AvgIpc) is 2.40. The van der Waals surface area contributed by atoms with Gasteiger partial charge >= 0.3 is 0 Å². The molecule has 100 valence electrons. The lowest BCUT2D eigenvalue weighted by Gasteiger charge is -2.41. The molecule has 1 N–H and O–H groups in total. The first-order valence-electron chi connectivity index (χ1n) is 6.56. The predicted octanol–water partition coefficient (Wildman–Crippen LogP) is 3.45. The van der Waals surface area contributed by atoms with Gasteiger partial charge in [-0.15, -0.1) is 0 Å². The Hall–Kier alpha value is -0.930. The molecular weight excluding hydrogens is 231 g/mol. The first-order chi connectivity index (χ1) is 8.57. The van der Waals surface area contributed by atoms with Crippen LogP contribution in [-0.4, -0.2) is 17.8 Å². The van der Waals surface area contributed by atoms with E-state index in [9.17, 15) is 9.50 Å². The monoisotopic (exact) mass is 252 g/mol. The smallest absolute Gasteiger partial charge is 0.123 e. The molecule has 0 radical (unpaired) electrons. The third kappa shape index (κ3) is 2.57. The highest BCUT2D eigenvalue weighted by Crippen LogP contribution is 2.42. The number of methoxy groups -OCH3 is 1. The molecule has 0 aromatic heterocycles. The standard InChI is InChI=1S/C15H21FO2/c1-11-7-9-15(18-2,10-8-11)14(17)12-3-5-13(16)6-4-12/h3-6,11,14,17H,7-10H2,1-2H3. The minimum absolute atomic E-state index is 0.283. The van der Waals surface area contributed by atoms with Gasteiger partial charge in [-0.05, 0) is 49.3 Å². The Morgan fingerprint density at radius 1 is 1.28 bits per heavy atom. The highest BCUT2D eigenvalue weighted by molar-refractivity contribution is 5.21. The van der Waals surface area contributed by atoms with Crippen LogP contribution in [0.5, 0.6) is 0 Å². The Labute approximate surface area is 108 Å². The summed E-state index contributed by atoms with van der Waals surface area (Å²) in [6, 6.07) is 6.04. The highest BCUT2D eigenvalue weighted by Gasteiger charge is 2.41. The van der Waals surface area contributed by atoms with Crippen molar-refractivity contribution >= 4 is 0 Å². The molecule has 0 spiro atoms. The summed E-state index contributed by atoms with van der Waals surface area (Å²) in [5.41, 5.74) is 0.220. The lowest BCUT2D eigenvalue weighted by Crippen LogP contribution is -2.41. The van der Waals surface area contributed by atoms with Crippen molar-refractivity contribution in [3.8, 4) is 0 Å². The minimum Gasteiger partial charge on any atom is -0.385 e. The zero-order chi connectivity index (χ0) is 13.2. The van der Waals surface area contributed by atoms with Gasteiger partial charge in [0.25, 0.3) is 0 Å². The van der Waals surface area contributed by atoms with Crippen molar-refractivity contribution in [2.45, 2.75) is 44.3 Å². The van der Waals surface area contributed by atoms with Gasteiger partial charge in [0.1, 0.15) is 11.9 Å². The van der Waals surface area contributed by atoms with Crippen molar-refractivity contribution in [3.05, 3.63) is 35.6 Å². The Balaban J connectivity index is 2.19. The molecule has 0 saturated heterocycles. The molecule has 1 aliphatic carbocycles. The van der Waals surface area contributed by atoms with E-state index in [1.807, 2.05) is 0 Å². The number of aliphatic hydroxyl groups is 1. The number of hydrogen-bond donors (Lipinski definition) is 1. The Morgan fingerprint density at radius 2 is 1.83 bits per heavy atom. The van der Waals surface area contributed by atoms with Crippen LogP contribution in [-0.2, 0) is 4.74 Å². The molecule has 0 bridgehead atoms. The largest absolute Gasteiger partial charge is 0.385 e. The molecule has 1 saturated carbocycles. The van der Waals surface area contributed by atoms with Gasteiger partial charge in [-0.2, -0.15) is 0 Å². The van der Waals surface area contributed by atoms with Gasteiger partial charge in [-0.25, -0.2) is 4.39 Å². The molecular formula is C15H21FO2. The van der Waals surface area contributed by atoms with Crippen LogP contribution in [0.25, 0.3) is 0 Å². The molecule has 0 amide bonds. The second-order valence-electron chi connectivity index (χ2n) is 5.41. The van der Waals surface area contributed by atoms with Crippen molar-refractivity contribution < 1.29 is 14.2 Å². The van der Waals surface area contributed by atoms with Gasteiger partial charge in [0.05, 0.1) is 5.60 Å². The maximum atomic E-state index is 12.9. The second-order valence-corrected chi connectivity index (χ2v) is 5.41. The summed E-state index contributed by atoms with van der Waals surface area (Å²) in [6.45, 7) is 2.23. The molecule has 2 nitrogen and oxygen atoms in total. The first kappa shape index (κ1) is 13.5. The van der Waals surface area contributed by atoms with Crippen LogP contribution in [0.3, 0.4) is 0 Å². The highest BCUT2D eigenvalue weighted by atomic mass is 19.1. The Bertz CT molecular complexity index is 380. The van der Waals surface area contributed by atoms with Crippen LogP contribution in [0.1, 0.15) is 44.3 Å². The maximum Gasteiger partial charge on any atom is 0.123 e. The normalized spacial score (nSPS) is 30.1. The van der Waals surface area contributed by atoms with Crippen molar-refractivity contribution in [3.63, 3.8) is 0 Å². The number of aliphatic hydroxyl groups excluding tert-OH is 1. The van der Waals surface area contributed by atoms with E-state index in [4.69, 9.17) is 4.74 Å². The summed E-state index contributed by atoms with van der Waals surface area (Å²) in [5.74, 6) is 0.406. The molecule has 1 aliphatic rings. The zero-order valence-electron chi connectivity index (χ0n) is 11.0. The fourth-order valence-electron chi connectivity index (χ4n) is 2.79. The van der Waals surface area contributed by atoms with E-state index in [0.717, 1.165) is 31.2 Å². The van der Waals surface area contributed by atoms with Gasteiger partial charge in [-0.3, -0.25) is 0 Å². The predicted molar refractivity (Wildman–Crippen MR) is 68.7 cm³/mol. The van der Waals surface area contributed by atoms with Gasteiger partial charge in [0.2, 0.25) is 0 Å². The average molecular weight is 252 g/mol. The van der Waals surface area contributed by atoms with Crippen LogP contribution < -0.4 is 0 Å². The molecule has 0 aliphatic heterocycles. The van der Waals surface area contributed by atoms with E-state index < -0.39 is 11.7 Å². The van der Waals surface area contributed by atoms with Crippen molar-refractivity contribution in [2.24, 2.45) is 5.92 Å². The molecule has 1 aromatic carbocycles. The van der Waals surface area contributed by atoms with E-state index in [-0.39, 0.29) is 5.82 Å². The van der Waals surface area contributed by atoms with Crippen LogP contribution in [0, 0.1) is 11.7 Å². The summed E-state index contributed by atoms with van der Waals surface area (Å²) in [4.78, 5) is 0. The number of benzene rings is 1. The summed E-state index contributed by atoms with van der Waals surface area (Å²) in [5, 5.41) is 10.5. The number of hydrogen-bond acceptors (Lipinski definition) is 2. The Morgan fingerprint density at radius 3 is 2.33 bits per heavy atom. The number of halogens is 1. The van der Waals surface area contributed by atoms with Crippen molar-refractivity contribution in [2.75, 3.05) is 7.11 Å². The summed E-state index contributed by atoms with van der Waals surface area (Å²) >= 11 is 0. The summed E-state index contributed by atoms with van der Waals surface area (Å²) < 4.78 is 18.5. The molecule has 0 heterocycles. The summed E-state index contributed by atoms with van der Waals surface area (Å²) in [7, 11) is 1.66. The van der Waals surface area contributed by atoms with Gasteiger partial charge in [-0.1, -0.05) is 19.1 Å². The van der Waals surface area contributed by atoms with Crippen molar-refractivity contribution in [1.29, 1.82) is 0 Å². The van der Waals surface area contributed by atoms with Crippen LogP contribution in [0.15, 0.2) is 24.3 Å². The van der Waals surface area contributed by atoms with E-state index in [1.54, 1.807) is 19.2 Å². The molecule has 18 heavy (non-hydrogen) atoms. The third-order valence-electron chi connectivity index (χ3n) is 4.21. The molecule has 3 heteroatoms. The summed E-state index contributed by atoms with van der Waals surface area (Å²) in [6.07, 6.45) is 3.14. The molecule has 2 rings (SSSR count). The molecule has 1 unspecified atom stereocenters. The molecule has 1 fully saturated rings. The van der Waals surface area contributed by atoms with E-state index in [0.29, 0.717) is 5.92 Å². The van der Waals surface area contributed by atoms with E-state index in [2.05, 4.69) is 6.92 Å². The van der Waals surface area contributed by atoms with Gasteiger partial charge in [0.15, 0.2) is 0 Å². The van der Waals surface area contributed by atoms with Crippen molar-refractivity contribution in [1.82, 2.24) is 0 Å². The second kappa shape index (κ2) is 5.37. The Kier molecular flexibility index (Phi) is 4.03. The lowest BCUT2D eigenvalue weighted by atomic mass is 9.74. The molecule has 1 aromatic rings. The maximum absolute atomic E-state index is 12.9.